The lowest BCUT2D eigenvalue weighted by atomic mass is 10.0. The van der Waals surface area contributed by atoms with Crippen molar-refractivity contribution in [3.05, 3.63) is 64.7 Å². The minimum absolute atomic E-state index is 0.0146. The van der Waals surface area contributed by atoms with Gasteiger partial charge in [-0.05, 0) is 48.7 Å². The number of benzene rings is 2. The Balaban J connectivity index is 2.27. The molecular formula is C19H17F6NO. The summed E-state index contributed by atoms with van der Waals surface area (Å²) in [4.78, 5) is 12.2. The third-order valence-corrected chi connectivity index (χ3v) is 3.88. The van der Waals surface area contributed by atoms with Crippen molar-refractivity contribution in [3.63, 3.8) is 0 Å². The summed E-state index contributed by atoms with van der Waals surface area (Å²) in [5.41, 5.74) is -2.47. The highest BCUT2D eigenvalue weighted by Gasteiger charge is 2.37. The molecule has 0 aliphatic heterocycles. The number of amides is 1. The lowest BCUT2D eigenvalue weighted by molar-refractivity contribution is -0.143. The molecule has 8 heteroatoms. The van der Waals surface area contributed by atoms with E-state index in [1.807, 2.05) is 6.92 Å². The summed E-state index contributed by atoms with van der Waals surface area (Å²) in [7, 11) is 0. The van der Waals surface area contributed by atoms with Crippen molar-refractivity contribution in [1.29, 1.82) is 0 Å². The van der Waals surface area contributed by atoms with Crippen LogP contribution in [-0.4, -0.2) is 5.91 Å². The van der Waals surface area contributed by atoms with E-state index >= 15 is 0 Å². The molecule has 2 rings (SSSR count). The predicted octanol–water partition coefficient (Wildman–Crippen LogP) is 6.32. The Labute approximate surface area is 152 Å². The van der Waals surface area contributed by atoms with Crippen LogP contribution in [0.15, 0.2) is 42.5 Å². The number of aryl methyl sites for hydroxylation is 1. The molecule has 0 aromatic heterocycles. The molecule has 1 amide bonds. The lowest BCUT2D eigenvalue weighted by Crippen LogP contribution is -2.17. The number of unbranched alkanes of at least 4 members (excludes halogenated alkanes) is 1. The van der Waals surface area contributed by atoms with Crippen LogP contribution in [0.2, 0.25) is 0 Å². The van der Waals surface area contributed by atoms with Gasteiger partial charge in [-0.15, -0.1) is 0 Å². The Bertz CT molecular complexity index is 761. The van der Waals surface area contributed by atoms with E-state index in [0.29, 0.717) is 12.1 Å². The molecule has 1 N–H and O–H groups in total. The smallest absolute Gasteiger partial charge is 0.322 e. The van der Waals surface area contributed by atoms with E-state index in [2.05, 4.69) is 5.32 Å². The van der Waals surface area contributed by atoms with Crippen LogP contribution in [-0.2, 0) is 18.8 Å². The zero-order valence-corrected chi connectivity index (χ0v) is 14.3. The fraction of sp³-hybridized carbons (Fsp3) is 0.316. The summed E-state index contributed by atoms with van der Waals surface area (Å²) in [6, 6.07) is 7.40. The molecule has 0 radical (unpaired) electrons. The predicted molar refractivity (Wildman–Crippen MR) is 89.5 cm³/mol. The average Bonchev–Trinajstić information content (AvgIpc) is 2.59. The zero-order valence-electron chi connectivity index (χ0n) is 14.3. The van der Waals surface area contributed by atoms with Crippen LogP contribution < -0.4 is 5.32 Å². The van der Waals surface area contributed by atoms with Crippen molar-refractivity contribution in [2.75, 3.05) is 5.32 Å². The van der Waals surface area contributed by atoms with Crippen LogP contribution in [0.4, 0.5) is 32.0 Å². The van der Waals surface area contributed by atoms with Crippen LogP contribution in [0.3, 0.4) is 0 Å². The van der Waals surface area contributed by atoms with Crippen molar-refractivity contribution in [2.24, 2.45) is 0 Å². The minimum Gasteiger partial charge on any atom is -0.322 e. The van der Waals surface area contributed by atoms with Gasteiger partial charge in [0.1, 0.15) is 0 Å². The first-order valence-electron chi connectivity index (χ1n) is 8.20. The molecule has 2 aromatic carbocycles. The first kappa shape index (κ1) is 20.8. The van der Waals surface area contributed by atoms with Crippen LogP contribution in [0, 0.1) is 0 Å². The molecule has 0 spiro atoms. The number of nitrogens with one attached hydrogen (secondary N) is 1. The van der Waals surface area contributed by atoms with Crippen molar-refractivity contribution >= 4 is 11.6 Å². The van der Waals surface area contributed by atoms with E-state index in [9.17, 15) is 31.1 Å². The third-order valence-electron chi connectivity index (χ3n) is 3.88. The highest BCUT2D eigenvalue weighted by atomic mass is 19.4. The van der Waals surface area contributed by atoms with Gasteiger partial charge < -0.3 is 5.32 Å². The second-order valence-electron chi connectivity index (χ2n) is 6.05. The first-order valence-corrected chi connectivity index (χ1v) is 8.20. The van der Waals surface area contributed by atoms with Gasteiger partial charge in [-0.1, -0.05) is 25.5 Å². The van der Waals surface area contributed by atoms with Gasteiger partial charge in [-0.3, -0.25) is 4.79 Å². The summed E-state index contributed by atoms with van der Waals surface area (Å²) in [6.45, 7) is 2.04. The number of hydrogen-bond acceptors (Lipinski definition) is 1. The Hall–Kier alpha value is -2.51. The van der Waals surface area contributed by atoms with Gasteiger partial charge in [-0.25, -0.2) is 0 Å². The van der Waals surface area contributed by atoms with Crippen molar-refractivity contribution in [3.8, 4) is 0 Å². The molecule has 0 heterocycles. The van der Waals surface area contributed by atoms with Gasteiger partial charge in [0.15, 0.2) is 0 Å². The molecule has 0 fully saturated rings. The van der Waals surface area contributed by atoms with Gasteiger partial charge in [0.25, 0.3) is 5.91 Å². The zero-order chi connectivity index (χ0) is 20.2. The summed E-state index contributed by atoms with van der Waals surface area (Å²) >= 11 is 0. The highest BCUT2D eigenvalue weighted by Crippen LogP contribution is 2.36. The maximum Gasteiger partial charge on any atom is 0.416 e. The maximum atomic E-state index is 12.9. The van der Waals surface area contributed by atoms with Crippen LogP contribution in [0.1, 0.15) is 46.8 Å². The molecule has 0 bridgehead atoms. The summed E-state index contributed by atoms with van der Waals surface area (Å²) in [5, 5.41) is 2.33. The number of rotatable bonds is 5. The largest absolute Gasteiger partial charge is 0.416 e. The molecule has 0 aliphatic rings. The molecule has 0 atom stereocenters. The van der Waals surface area contributed by atoms with E-state index in [4.69, 9.17) is 0 Å². The third kappa shape index (κ3) is 5.74. The molecule has 27 heavy (non-hydrogen) atoms. The Morgan fingerprint density at radius 1 is 0.889 bits per heavy atom. The average molecular weight is 389 g/mol. The van der Waals surface area contributed by atoms with Crippen molar-refractivity contribution in [2.45, 2.75) is 38.5 Å². The SMILES string of the molecule is CCCCc1ccc(NC(=O)c2cc(C(F)(F)F)cc(C(F)(F)F)c2)cc1. The van der Waals surface area contributed by atoms with Crippen molar-refractivity contribution < 1.29 is 31.1 Å². The molecule has 2 nitrogen and oxygen atoms in total. The van der Waals surface area contributed by atoms with Gasteiger partial charge in [0.05, 0.1) is 11.1 Å². The molecular weight excluding hydrogens is 372 g/mol. The van der Waals surface area contributed by atoms with Gasteiger partial charge in [0, 0.05) is 11.3 Å². The van der Waals surface area contributed by atoms with Gasteiger partial charge >= 0.3 is 12.4 Å². The van der Waals surface area contributed by atoms with E-state index in [0.717, 1.165) is 24.8 Å². The quantitative estimate of drug-likeness (QED) is 0.596. The standard InChI is InChI=1S/C19H17F6NO/c1-2-3-4-12-5-7-16(8-6-12)26-17(27)13-9-14(18(20,21)22)11-15(10-13)19(23,24)25/h5-11H,2-4H2,1H3,(H,26,27). The number of hydrogen-bond donors (Lipinski definition) is 1. The highest BCUT2D eigenvalue weighted by molar-refractivity contribution is 6.04. The Kier molecular flexibility index (Phi) is 6.18. The lowest BCUT2D eigenvalue weighted by Gasteiger charge is -2.14. The number of carbonyl (C=O) groups excluding carboxylic acids is 1. The Morgan fingerprint density at radius 3 is 1.85 bits per heavy atom. The molecule has 0 saturated heterocycles. The monoisotopic (exact) mass is 389 g/mol. The molecule has 0 saturated carbocycles. The number of carbonyl (C=O) groups is 1. The van der Waals surface area contributed by atoms with E-state index in [1.54, 1.807) is 24.3 Å². The maximum absolute atomic E-state index is 12.9. The normalized spacial score (nSPS) is 12.1. The van der Waals surface area contributed by atoms with Gasteiger partial charge in [0.2, 0.25) is 0 Å². The molecule has 0 unspecified atom stereocenters. The summed E-state index contributed by atoms with van der Waals surface area (Å²) in [6.07, 6.45) is -7.17. The van der Waals surface area contributed by atoms with E-state index < -0.39 is 35.0 Å². The molecule has 0 aliphatic carbocycles. The summed E-state index contributed by atoms with van der Waals surface area (Å²) < 4.78 is 77.2. The number of alkyl halides is 6. The fourth-order valence-electron chi connectivity index (χ4n) is 2.42. The number of anilines is 1. The topological polar surface area (TPSA) is 29.1 Å². The summed E-state index contributed by atoms with van der Waals surface area (Å²) in [5.74, 6) is -1.05. The first-order chi connectivity index (χ1) is 12.5. The van der Waals surface area contributed by atoms with Crippen LogP contribution in [0.25, 0.3) is 0 Å². The van der Waals surface area contributed by atoms with E-state index in [1.165, 1.54) is 0 Å². The Morgan fingerprint density at radius 2 is 1.41 bits per heavy atom. The van der Waals surface area contributed by atoms with Gasteiger partial charge in [-0.2, -0.15) is 26.3 Å². The van der Waals surface area contributed by atoms with Crippen LogP contribution >= 0.6 is 0 Å². The minimum atomic E-state index is -5.00. The number of halogens is 6. The van der Waals surface area contributed by atoms with Crippen LogP contribution in [0.5, 0.6) is 0 Å². The fourth-order valence-corrected chi connectivity index (χ4v) is 2.42. The molecule has 2 aromatic rings. The van der Waals surface area contributed by atoms with Crippen molar-refractivity contribution in [1.82, 2.24) is 0 Å². The second kappa shape index (κ2) is 8.02. The second-order valence-corrected chi connectivity index (χ2v) is 6.05. The molecule has 146 valence electrons. The van der Waals surface area contributed by atoms with E-state index in [-0.39, 0.29) is 11.8 Å².